The minimum atomic E-state index is -0.238. The van der Waals surface area contributed by atoms with Gasteiger partial charge in [-0.3, -0.25) is 4.79 Å². The van der Waals surface area contributed by atoms with Crippen molar-refractivity contribution < 1.29 is 14.3 Å². The molecule has 0 spiro atoms. The van der Waals surface area contributed by atoms with Gasteiger partial charge in [0, 0.05) is 13.2 Å². The van der Waals surface area contributed by atoms with Crippen LogP contribution in [-0.2, 0) is 14.3 Å². The number of methoxy groups -OCH3 is 1. The molecule has 4 nitrogen and oxygen atoms in total. The molecule has 0 aliphatic rings. The Morgan fingerprint density at radius 2 is 2.15 bits per heavy atom. The second-order valence-electron chi connectivity index (χ2n) is 3.11. The van der Waals surface area contributed by atoms with Crippen molar-refractivity contribution in [1.82, 2.24) is 0 Å². The van der Waals surface area contributed by atoms with Crippen LogP contribution in [0.2, 0.25) is 0 Å². The summed E-state index contributed by atoms with van der Waals surface area (Å²) < 4.78 is 9.72. The molecule has 1 unspecified atom stereocenters. The summed E-state index contributed by atoms with van der Waals surface area (Å²) in [6.07, 6.45) is 0.262. The minimum Gasteiger partial charge on any atom is -0.466 e. The minimum absolute atomic E-state index is 0.175. The molecule has 0 heterocycles. The first-order valence-electron chi connectivity index (χ1n) is 4.52. The van der Waals surface area contributed by atoms with Crippen LogP contribution >= 0.6 is 0 Å². The topological polar surface area (TPSA) is 61.5 Å². The van der Waals surface area contributed by atoms with Gasteiger partial charge in [-0.1, -0.05) is 6.92 Å². The van der Waals surface area contributed by atoms with Gasteiger partial charge in [0.15, 0.2) is 0 Å². The summed E-state index contributed by atoms with van der Waals surface area (Å²) in [5.74, 6) is -0.0626. The van der Waals surface area contributed by atoms with Crippen molar-refractivity contribution >= 4 is 5.97 Å². The molecule has 0 aromatic carbocycles. The molecule has 13 heavy (non-hydrogen) atoms. The second kappa shape index (κ2) is 6.86. The Labute approximate surface area is 79.4 Å². The molecule has 0 aliphatic carbocycles. The van der Waals surface area contributed by atoms with E-state index in [9.17, 15) is 4.79 Å². The summed E-state index contributed by atoms with van der Waals surface area (Å²) in [4.78, 5) is 11.0. The van der Waals surface area contributed by atoms with E-state index in [0.29, 0.717) is 13.2 Å². The lowest BCUT2D eigenvalue weighted by Gasteiger charge is -2.17. The van der Waals surface area contributed by atoms with Gasteiger partial charge in [-0.25, -0.2) is 0 Å². The molecule has 78 valence electrons. The molecule has 0 aliphatic heterocycles. The fourth-order valence-electron chi connectivity index (χ4n) is 1.00. The first-order chi connectivity index (χ1) is 6.11. The molecule has 0 aromatic heterocycles. The Hall–Kier alpha value is -0.610. The quantitative estimate of drug-likeness (QED) is 0.620. The van der Waals surface area contributed by atoms with Crippen LogP contribution in [0.3, 0.4) is 0 Å². The zero-order chi connectivity index (χ0) is 10.3. The monoisotopic (exact) mass is 189 g/mol. The number of rotatable bonds is 6. The van der Waals surface area contributed by atoms with E-state index in [4.69, 9.17) is 15.2 Å². The molecule has 4 heteroatoms. The Balaban J connectivity index is 3.71. The molecule has 0 saturated heterocycles. The van der Waals surface area contributed by atoms with E-state index >= 15 is 0 Å². The standard InChI is InChI=1S/C9H19NO3/c1-4-13-9(11)5-8(10)7(2)6-12-3/h7-8H,4-6,10H2,1-3H3/t7?,8-/m0/s1. The van der Waals surface area contributed by atoms with Crippen molar-refractivity contribution in [3.8, 4) is 0 Å². The maximum absolute atomic E-state index is 11.0. The van der Waals surface area contributed by atoms with Gasteiger partial charge in [-0.2, -0.15) is 0 Å². The molecule has 0 bridgehead atoms. The number of carbonyl (C=O) groups excluding carboxylic acids is 1. The van der Waals surface area contributed by atoms with Crippen LogP contribution in [-0.4, -0.2) is 32.3 Å². The van der Waals surface area contributed by atoms with E-state index in [1.807, 2.05) is 6.92 Å². The van der Waals surface area contributed by atoms with Crippen LogP contribution in [0.1, 0.15) is 20.3 Å². The molecular weight excluding hydrogens is 170 g/mol. The fraction of sp³-hybridized carbons (Fsp3) is 0.889. The molecule has 0 aromatic rings. The predicted octanol–water partition coefficient (Wildman–Crippen LogP) is 0.549. The highest BCUT2D eigenvalue weighted by molar-refractivity contribution is 5.70. The first kappa shape index (κ1) is 12.4. The largest absolute Gasteiger partial charge is 0.466 e. The molecule has 0 saturated carbocycles. The van der Waals surface area contributed by atoms with Crippen molar-refractivity contribution in [2.75, 3.05) is 20.3 Å². The van der Waals surface area contributed by atoms with E-state index in [2.05, 4.69) is 0 Å². The van der Waals surface area contributed by atoms with Crippen molar-refractivity contribution in [3.05, 3.63) is 0 Å². The number of carbonyl (C=O) groups is 1. The third kappa shape index (κ3) is 5.60. The Morgan fingerprint density at radius 3 is 2.62 bits per heavy atom. The molecular formula is C9H19NO3. The van der Waals surface area contributed by atoms with E-state index in [-0.39, 0.29) is 24.3 Å². The van der Waals surface area contributed by atoms with Crippen molar-refractivity contribution in [2.45, 2.75) is 26.3 Å². The molecule has 0 radical (unpaired) electrons. The summed E-state index contributed by atoms with van der Waals surface area (Å²) in [7, 11) is 1.62. The molecule has 0 amide bonds. The smallest absolute Gasteiger partial charge is 0.307 e. The van der Waals surface area contributed by atoms with Crippen molar-refractivity contribution in [3.63, 3.8) is 0 Å². The lowest BCUT2D eigenvalue weighted by Crippen LogP contribution is -2.33. The zero-order valence-electron chi connectivity index (χ0n) is 8.58. The van der Waals surface area contributed by atoms with Gasteiger partial charge >= 0.3 is 5.97 Å². The van der Waals surface area contributed by atoms with Crippen LogP contribution in [0.4, 0.5) is 0 Å². The van der Waals surface area contributed by atoms with E-state index < -0.39 is 0 Å². The second-order valence-corrected chi connectivity index (χ2v) is 3.11. The number of esters is 1. The summed E-state index contributed by atoms with van der Waals surface area (Å²) >= 11 is 0. The van der Waals surface area contributed by atoms with Crippen LogP contribution in [0.15, 0.2) is 0 Å². The normalized spacial score (nSPS) is 15.1. The van der Waals surface area contributed by atoms with E-state index in [1.54, 1.807) is 14.0 Å². The number of hydrogen-bond acceptors (Lipinski definition) is 4. The van der Waals surface area contributed by atoms with Gasteiger partial charge in [-0.05, 0) is 12.8 Å². The highest BCUT2D eigenvalue weighted by atomic mass is 16.5. The van der Waals surface area contributed by atoms with Gasteiger partial charge in [0.2, 0.25) is 0 Å². The molecule has 0 rings (SSSR count). The molecule has 2 atom stereocenters. The lowest BCUT2D eigenvalue weighted by molar-refractivity contribution is -0.143. The van der Waals surface area contributed by atoms with Crippen LogP contribution < -0.4 is 5.73 Å². The van der Waals surface area contributed by atoms with Crippen molar-refractivity contribution in [2.24, 2.45) is 11.7 Å². The summed E-state index contributed by atoms with van der Waals surface area (Å²) in [5, 5.41) is 0. The highest BCUT2D eigenvalue weighted by Gasteiger charge is 2.16. The van der Waals surface area contributed by atoms with Gasteiger partial charge < -0.3 is 15.2 Å². The lowest BCUT2D eigenvalue weighted by atomic mass is 10.0. The number of nitrogens with two attached hydrogens (primary N) is 1. The predicted molar refractivity (Wildman–Crippen MR) is 50.3 cm³/mol. The maximum atomic E-state index is 11.0. The van der Waals surface area contributed by atoms with Crippen molar-refractivity contribution in [1.29, 1.82) is 0 Å². The molecule has 2 N–H and O–H groups in total. The van der Waals surface area contributed by atoms with Gasteiger partial charge in [-0.15, -0.1) is 0 Å². The van der Waals surface area contributed by atoms with Gasteiger partial charge in [0.1, 0.15) is 0 Å². The Bertz CT molecular complexity index is 150. The van der Waals surface area contributed by atoms with Crippen LogP contribution in [0.5, 0.6) is 0 Å². The van der Waals surface area contributed by atoms with E-state index in [1.165, 1.54) is 0 Å². The fourth-order valence-corrected chi connectivity index (χ4v) is 1.00. The first-order valence-corrected chi connectivity index (χ1v) is 4.52. The van der Waals surface area contributed by atoms with E-state index in [0.717, 1.165) is 0 Å². The van der Waals surface area contributed by atoms with Crippen LogP contribution in [0, 0.1) is 5.92 Å². The summed E-state index contributed by atoms with van der Waals surface area (Å²) in [6.45, 7) is 4.71. The van der Waals surface area contributed by atoms with Gasteiger partial charge in [0.05, 0.1) is 19.6 Å². The SMILES string of the molecule is CCOC(=O)C[C@H](N)C(C)COC. The zero-order valence-corrected chi connectivity index (χ0v) is 8.58. The average Bonchev–Trinajstić information content (AvgIpc) is 2.05. The van der Waals surface area contributed by atoms with Gasteiger partial charge in [0.25, 0.3) is 0 Å². The molecule has 0 fully saturated rings. The number of hydrogen-bond donors (Lipinski definition) is 1. The third-order valence-electron chi connectivity index (χ3n) is 1.87. The third-order valence-corrected chi connectivity index (χ3v) is 1.87. The number of ether oxygens (including phenoxy) is 2. The summed E-state index contributed by atoms with van der Waals surface area (Å²) in [5.41, 5.74) is 5.75. The maximum Gasteiger partial charge on any atom is 0.307 e. The van der Waals surface area contributed by atoms with Crippen LogP contribution in [0.25, 0.3) is 0 Å². The summed E-state index contributed by atoms with van der Waals surface area (Å²) in [6, 6.07) is -0.181. The average molecular weight is 189 g/mol. The highest BCUT2D eigenvalue weighted by Crippen LogP contribution is 2.05. The Kier molecular flexibility index (Phi) is 6.54. The Morgan fingerprint density at radius 1 is 1.54 bits per heavy atom.